The van der Waals surface area contributed by atoms with E-state index in [9.17, 15) is 4.79 Å². The predicted molar refractivity (Wildman–Crippen MR) is 78.6 cm³/mol. The number of likely N-dealkylation sites (N-methyl/N-ethyl adjacent to an activating group) is 1. The third kappa shape index (κ3) is 2.04. The number of hydrogen-bond donors (Lipinski definition) is 0. The van der Waals surface area contributed by atoms with E-state index in [-0.39, 0.29) is 5.78 Å². The van der Waals surface area contributed by atoms with Crippen LogP contribution in [0, 0.1) is 0 Å². The molecule has 0 bridgehead atoms. The lowest BCUT2D eigenvalue weighted by Crippen LogP contribution is -2.13. The lowest BCUT2D eigenvalue weighted by molar-refractivity contribution is 0.104. The lowest BCUT2D eigenvalue weighted by Gasteiger charge is -2.13. The van der Waals surface area contributed by atoms with Crippen LogP contribution in [0.25, 0.3) is 6.08 Å². The molecule has 1 aliphatic rings. The maximum Gasteiger partial charge on any atom is 0.211 e. The molecule has 0 aliphatic carbocycles. The van der Waals surface area contributed by atoms with Crippen LogP contribution in [0.1, 0.15) is 15.9 Å². The highest BCUT2D eigenvalue weighted by atomic mass is 35.5. The Morgan fingerprint density at radius 3 is 2.42 bits per heavy atom. The summed E-state index contributed by atoms with van der Waals surface area (Å²) in [6.45, 7) is 0. The molecular weight excluding hydrogens is 258 g/mol. The summed E-state index contributed by atoms with van der Waals surface area (Å²) in [6, 6.07) is 15.1. The van der Waals surface area contributed by atoms with Crippen LogP contribution < -0.4 is 4.90 Å². The number of fused-ring (bicyclic) bond motifs is 1. The molecule has 0 radical (unpaired) electrons. The summed E-state index contributed by atoms with van der Waals surface area (Å²) in [5.74, 6) is 0.0630. The van der Waals surface area contributed by atoms with E-state index in [1.165, 1.54) is 0 Å². The van der Waals surface area contributed by atoms with E-state index >= 15 is 0 Å². The van der Waals surface area contributed by atoms with Gasteiger partial charge in [-0.15, -0.1) is 0 Å². The summed E-state index contributed by atoms with van der Waals surface area (Å²) in [5.41, 5.74) is 3.36. The van der Waals surface area contributed by atoms with Crippen molar-refractivity contribution in [3.8, 4) is 0 Å². The molecule has 1 aliphatic heterocycles. The Morgan fingerprint density at radius 1 is 1.05 bits per heavy atom. The van der Waals surface area contributed by atoms with Crippen LogP contribution in [0.3, 0.4) is 0 Å². The molecule has 3 heteroatoms. The molecule has 0 saturated heterocycles. The van der Waals surface area contributed by atoms with Crippen molar-refractivity contribution in [3.63, 3.8) is 0 Å². The predicted octanol–water partition coefficient (Wildman–Crippen LogP) is 4.01. The Bertz CT molecular complexity index is 673. The lowest BCUT2D eigenvalue weighted by atomic mass is 10.1. The van der Waals surface area contributed by atoms with Crippen LogP contribution >= 0.6 is 11.6 Å². The molecule has 2 nitrogen and oxygen atoms in total. The maximum atomic E-state index is 12.3. The second-order valence-electron chi connectivity index (χ2n) is 4.49. The molecule has 0 saturated carbocycles. The van der Waals surface area contributed by atoms with E-state index in [0.29, 0.717) is 10.7 Å². The fourth-order valence-electron chi connectivity index (χ4n) is 2.26. The average molecular weight is 270 g/mol. The third-order valence-corrected chi connectivity index (χ3v) is 3.53. The van der Waals surface area contributed by atoms with Gasteiger partial charge in [0.15, 0.2) is 0 Å². The minimum atomic E-state index is 0.0630. The molecule has 0 amide bonds. The van der Waals surface area contributed by atoms with E-state index in [2.05, 4.69) is 0 Å². The molecule has 0 aromatic heterocycles. The largest absolute Gasteiger partial charge is 0.341 e. The number of hydrogen-bond acceptors (Lipinski definition) is 2. The molecule has 1 heterocycles. The number of carbonyl (C=O) groups excluding carboxylic acids is 1. The minimum absolute atomic E-state index is 0.0630. The molecule has 3 rings (SSSR count). The summed E-state index contributed by atoms with van der Waals surface area (Å²) in [5, 5.41) is 0.691. The van der Waals surface area contributed by atoms with Crippen LogP contribution in [0.2, 0.25) is 5.02 Å². The van der Waals surface area contributed by atoms with Crippen molar-refractivity contribution < 1.29 is 4.79 Å². The number of benzene rings is 2. The Kier molecular flexibility index (Phi) is 2.88. The van der Waals surface area contributed by atoms with E-state index in [0.717, 1.165) is 16.8 Å². The summed E-state index contributed by atoms with van der Waals surface area (Å²) in [6.07, 6.45) is 1.89. The standard InChI is InChI=1S/C16H12ClNO/c1-18-14-5-3-2-4-13(14)16(19)15(18)10-11-6-8-12(17)9-7-11/h2-10H,1H3/b15-10-. The highest BCUT2D eigenvalue weighted by Crippen LogP contribution is 2.33. The summed E-state index contributed by atoms with van der Waals surface area (Å²) in [7, 11) is 1.91. The fraction of sp³-hybridized carbons (Fsp3) is 0.0625. The number of carbonyl (C=O) groups is 1. The Hall–Kier alpha value is -2.06. The summed E-state index contributed by atoms with van der Waals surface area (Å²) >= 11 is 5.86. The van der Waals surface area contributed by atoms with Gasteiger partial charge in [0.1, 0.15) is 0 Å². The smallest absolute Gasteiger partial charge is 0.211 e. The molecule has 94 valence electrons. The van der Waals surface area contributed by atoms with E-state index in [4.69, 9.17) is 11.6 Å². The first-order chi connectivity index (χ1) is 9.16. The normalized spacial score (nSPS) is 16.0. The fourth-order valence-corrected chi connectivity index (χ4v) is 2.38. The van der Waals surface area contributed by atoms with Crippen molar-refractivity contribution in [1.82, 2.24) is 0 Å². The SMILES string of the molecule is CN1/C(=C\c2ccc(Cl)cc2)C(=O)c2ccccc21. The second-order valence-corrected chi connectivity index (χ2v) is 4.92. The van der Waals surface area contributed by atoms with Crippen molar-refractivity contribution in [1.29, 1.82) is 0 Å². The highest BCUT2D eigenvalue weighted by molar-refractivity contribution is 6.30. The number of allylic oxidation sites excluding steroid dienone is 1. The molecule has 0 fully saturated rings. The number of Topliss-reactive ketones (excluding diaryl/α,β-unsaturated/α-hetero) is 1. The van der Waals surface area contributed by atoms with Gasteiger partial charge >= 0.3 is 0 Å². The van der Waals surface area contributed by atoms with Gasteiger partial charge in [0.2, 0.25) is 5.78 Å². The van der Waals surface area contributed by atoms with Gasteiger partial charge < -0.3 is 4.90 Å². The molecule has 0 unspecified atom stereocenters. The van der Waals surface area contributed by atoms with Crippen molar-refractivity contribution in [2.75, 3.05) is 11.9 Å². The van der Waals surface area contributed by atoms with Gasteiger partial charge in [0.25, 0.3) is 0 Å². The highest BCUT2D eigenvalue weighted by Gasteiger charge is 2.28. The van der Waals surface area contributed by atoms with Crippen LogP contribution in [-0.2, 0) is 0 Å². The topological polar surface area (TPSA) is 20.3 Å². The molecule has 19 heavy (non-hydrogen) atoms. The number of nitrogens with zero attached hydrogens (tertiary/aromatic N) is 1. The monoisotopic (exact) mass is 269 g/mol. The molecule has 0 N–H and O–H groups in total. The maximum absolute atomic E-state index is 12.3. The Balaban J connectivity index is 2.04. The van der Waals surface area contributed by atoms with Gasteiger partial charge in [-0.2, -0.15) is 0 Å². The second kappa shape index (κ2) is 4.56. The first kappa shape index (κ1) is 12.0. The van der Waals surface area contributed by atoms with Crippen LogP contribution in [-0.4, -0.2) is 12.8 Å². The van der Waals surface area contributed by atoms with Crippen molar-refractivity contribution in [3.05, 3.63) is 70.4 Å². The van der Waals surface area contributed by atoms with E-state index in [1.807, 2.05) is 66.6 Å². The van der Waals surface area contributed by atoms with Gasteiger partial charge in [0.05, 0.1) is 11.4 Å². The van der Waals surface area contributed by atoms with Crippen LogP contribution in [0.15, 0.2) is 54.2 Å². The van der Waals surface area contributed by atoms with Gasteiger partial charge in [-0.05, 0) is 35.9 Å². The molecule has 2 aromatic carbocycles. The Morgan fingerprint density at radius 2 is 1.74 bits per heavy atom. The number of halogens is 1. The molecule has 0 spiro atoms. The third-order valence-electron chi connectivity index (χ3n) is 3.28. The number of rotatable bonds is 1. The van der Waals surface area contributed by atoms with Crippen molar-refractivity contribution in [2.45, 2.75) is 0 Å². The van der Waals surface area contributed by atoms with E-state index < -0.39 is 0 Å². The number of para-hydroxylation sites is 1. The number of ketones is 1. The van der Waals surface area contributed by atoms with Crippen LogP contribution in [0.4, 0.5) is 5.69 Å². The average Bonchev–Trinajstić information content (AvgIpc) is 2.67. The zero-order chi connectivity index (χ0) is 13.4. The van der Waals surface area contributed by atoms with Gasteiger partial charge in [-0.1, -0.05) is 35.9 Å². The zero-order valence-corrected chi connectivity index (χ0v) is 11.2. The molecule has 0 atom stereocenters. The van der Waals surface area contributed by atoms with E-state index in [1.54, 1.807) is 0 Å². The first-order valence-electron chi connectivity index (χ1n) is 6.01. The van der Waals surface area contributed by atoms with Gasteiger partial charge in [-0.25, -0.2) is 0 Å². The zero-order valence-electron chi connectivity index (χ0n) is 10.4. The van der Waals surface area contributed by atoms with Gasteiger partial charge in [0, 0.05) is 17.6 Å². The molecular formula is C16H12ClNO. The number of anilines is 1. The van der Waals surface area contributed by atoms with Crippen molar-refractivity contribution in [2.24, 2.45) is 0 Å². The summed E-state index contributed by atoms with van der Waals surface area (Å²) < 4.78 is 0. The quantitative estimate of drug-likeness (QED) is 0.729. The van der Waals surface area contributed by atoms with Crippen LogP contribution in [0.5, 0.6) is 0 Å². The Labute approximate surface area is 116 Å². The van der Waals surface area contributed by atoms with Gasteiger partial charge in [-0.3, -0.25) is 4.79 Å². The minimum Gasteiger partial charge on any atom is -0.341 e. The first-order valence-corrected chi connectivity index (χ1v) is 6.39. The summed E-state index contributed by atoms with van der Waals surface area (Å²) in [4.78, 5) is 14.3. The molecule has 2 aromatic rings. The van der Waals surface area contributed by atoms with Crippen molar-refractivity contribution >= 4 is 29.1 Å².